The molecule has 0 unspecified atom stereocenters. The number of nitrogens with zero attached hydrogens (tertiary/aromatic N) is 1. The SMILES string of the molecule is Cc1ccc2c(NC(=O)ON3C(=O)CCC3=O)cccc2c1. The van der Waals surface area contributed by atoms with Gasteiger partial charge in [-0.05, 0) is 18.4 Å². The number of anilines is 1. The third-order valence-corrected chi connectivity index (χ3v) is 3.45. The van der Waals surface area contributed by atoms with Crippen LogP contribution in [0.2, 0.25) is 0 Å². The predicted octanol–water partition coefficient (Wildman–Crippen LogP) is 2.76. The number of hydroxylamine groups is 2. The van der Waals surface area contributed by atoms with Crippen molar-refractivity contribution in [2.24, 2.45) is 0 Å². The fraction of sp³-hybridized carbons (Fsp3) is 0.188. The summed E-state index contributed by atoms with van der Waals surface area (Å²) in [6.07, 6.45) is -0.726. The van der Waals surface area contributed by atoms with E-state index in [0.717, 1.165) is 16.3 Å². The van der Waals surface area contributed by atoms with Crippen LogP contribution >= 0.6 is 0 Å². The van der Waals surface area contributed by atoms with Gasteiger partial charge in [0, 0.05) is 18.2 Å². The lowest BCUT2D eigenvalue weighted by Crippen LogP contribution is -2.33. The highest BCUT2D eigenvalue weighted by molar-refractivity contribution is 6.04. The average molecular weight is 298 g/mol. The van der Waals surface area contributed by atoms with Crippen LogP contribution in [0.1, 0.15) is 18.4 Å². The van der Waals surface area contributed by atoms with E-state index in [1.54, 1.807) is 6.07 Å². The number of imide groups is 1. The Morgan fingerprint density at radius 3 is 2.59 bits per heavy atom. The normalized spacial score (nSPS) is 14.5. The summed E-state index contributed by atoms with van der Waals surface area (Å²) in [5.41, 5.74) is 1.67. The predicted molar refractivity (Wildman–Crippen MR) is 79.9 cm³/mol. The first-order valence-electron chi connectivity index (χ1n) is 6.89. The summed E-state index contributed by atoms with van der Waals surface area (Å²) in [7, 11) is 0. The highest BCUT2D eigenvalue weighted by Gasteiger charge is 2.32. The maximum Gasteiger partial charge on any atom is 0.436 e. The van der Waals surface area contributed by atoms with E-state index >= 15 is 0 Å². The molecule has 0 aromatic heterocycles. The third-order valence-electron chi connectivity index (χ3n) is 3.45. The van der Waals surface area contributed by atoms with Crippen LogP contribution in [0, 0.1) is 6.92 Å². The quantitative estimate of drug-likeness (QED) is 0.865. The molecule has 112 valence electrons. The van der Waals surface area contributed by atoms with E-state index in [9.17, 15) is 14.4 Å². The van der Waals surface area contributed by atoms with Crippen LogP contribution in [-0.4, -0.2) is 23.0 Å². The van der Waals surface area contributed by atoms with Crippen LogP contribution in [0.4, 0.5) is 10.5 Å². The van der Waals surface area contributed by atoms with Gasteiger partial charge in [0.1, 0.15) is 0 Å². The maximum absolute atomic E-state index is 11.9. The summed E-state index contributed by atoms with van der Waals surface area (Å²) in [5.74, 6) is -1.01. The molecule has 1 N–H and O–H groups in total. The smallest absolute Gasteiger partial charge is 0.311 e. The monoisotopic (exact) mass is 298 g/mol. The molecule has 0 saturated carbocycles. The van der Waals surface area contributed by atoms with Gasteiger partial charge in [0.15, 0.2) is 0 Å². The summed E-state index contributed by atoms with van der Waals surface area (Å²) >= 11 is 0. The lowest BCUT2D eigenvalue weighted by Gasteiger charge is -2.14. The number of aryl methyl sites for hydroxylation is 1. The Labute approximate surface area is 126 Å². The molecule has 6 heteroatoms. The molecule has 0 radical (unpaired) electrons. The van der Waals surface area contributed by atoms with Crippen LogP contribution in [-0.2, 0) is 14.4 Å². The zero-order valence-electron chi connectivity index (χ0n) is 12.0. The maximum atomic E-state index is 11.9. The van der Waals surface area contributed by atoms with Gasteiger partial charge in [0.2, 0.25) is 0 Å². The van der Waals surface area contributed by atoms with E-state index in [4.69, 9.17) is 4.84 Å². The van der Waals surface area contributed by atoms with Gasteiger partial charge in [-0.3, -0.25) is 14.9 Å². The molecule has 2 aromatic rings. The molecule has 2 aromatic carbocycles. The molecule has 0 bridgehead atoms. The van der Waals surface area contributed by atoms with Crippen molar-refractivity contribution >= 4 is 34.4 Å². The van der Waals surface area contributed by atoms with Crippen molar-refractivity contribution in [1.29, 1.82) is 0 Å². The summed E-state index contributed by atoms with van der Waals surface area (Å²) in [5, 5.41) is 4.91. The Hall–Kier alpha value is -2.89. The van der Waals surface area contributed by atoms with E-state index in [1.807, 2.05) is 37.3 Å². The van der Waals surface area contributed by atoms with Gasteiger partial charge in [-0.2, -0.15) is 0 Å². The Bertz CT molecular complexity index is 769. The fourth-order valence-electron chi connectivity index (χ4n) is 2.39. The lowest BCUT2D eigenvalue weighted by molar-refractivity contribution is -0.170. The van der Waals surface area contributed by atoms with Crippen LogP contribution in [0.5, 0.6) is 0 Å². The number of benzene rings is 2. The third kappa shape index (κ3) is 2.63. The molecule has 3 rings (SSSR count). The Morgan fingerprint density at radius 1 is 1.14 bits per heavy atom. The van der Waals surface area contributed by atoms with Crippen molar-refractivity contribution in [2.45, 2.75) is 19.8 Å². The van der Waals surface area contributed by atoms with Gasteiger partial charge < -0.3 is 4.84 Å². The van der Waals surface area contributed by atoms with Gasteiger partial charge in [-0.25, -0.2) is 4.79 Å². The number of hydrogen-bond donors (Lipinski definition) is 1. The highest BCUT2D eigenvalue weighted by atomic mass is 16.7. The molecule has 0 aliphatic carbocycles. The minimum Gasteiger partial charge on any atom is -0.311 e. The second-order valence-electron chi connectivity index (χ2n) is 5.12. The minimum atomic E-state index is -0.864. The summed E-state index contributed by atoms with van der Waals surface area (Å²) in [6.45, 7) is 1.98. The molecular weight excluding hydrogens is 284 g/mol. The first-order valence-corrected chi connectivity index (χ1v) is 6.89. The summed E-state index contributed by atoms with van der Waals surface area (Å²) < 4.78 is 0. The van der Waals surface area contributed by atoms with Gasteiger partial charge in [0.25, 0.3) is 11.8 Å². The van der Waals surface area contributed by atoms with Crippen LogP contribution in [0.3, 0.4) is 0 Å². The molecule has 3 amide bonds. The van der Waals surface area contributed by atoms with Gasteiger partial charge in [-0.15, -0.1) is 5.06 Å². The van der Waals surface area contributed by atoms with E-state index < -0.39 is 17.9 Å². The largest absolute Gasteiger partial charge is 0.436 e. The molecule has 1 fully saturated rings. The van der Waals surface area contributed by atoms with E-state index in [1.165, 1.54) is 0 Å². The average Bonchev–Trinajstić information content (AvgIpc) is 2.79. The fourth-order valence-corrected chi connectivity index (χ4v) is 2.39. The van der Waals surface area contributed by atoms with E-state index in [2.05, 4.69) is 5.32 Å². The van der Waals surface area contributed by atoms with Crippen molar-refractivity contribution in [3.8, 4) is 0 Å². The molecule has 0 atom stereocenters. The zero-order chi connectivity index (χ0) is 15.7. The standard InChI is InChI=1S/C16H14N2O4/c1-10-5-6-12-11(9-10)3-2-4-13(12)17-16(21)22-18-14(19)7-8-15(18)20/h2-6,9H,7-8H2,1H3,(H,17,21). The molecule has 22 heavy (non-hydrogen) atoms. The van der Waals surface area contributed by atoms with Crippen molar-refractivity contribution in [3.63, 3.8) is 0 Å². The van der Waals surface area contributed by atoms with E-state index in [-0.39, 0.29) is 12.8 Å². The van der Waals surface area contributed by atoms with Crippen molar-refractivity contribution in [1.82, 2.24) is 5.06 Å². The number of amides is 3. The number of rotatable bonds is 2. The summed E-state index contributed by atoms with van der Waals surface area (Å²) in [6, 6.07) is 11.3. The lowest BCUT2D eigenvalue weighted by atomic mass is 10.1. The zero-order valence-corrected chi connectivity index (χ0v) is 12.0. The molecule has 6 nitrogen and oxygen atoms in total. The van der Waals surface area contributed by atoms with Gasteiger partial charge in [0.05, 0.1) is 5.69 Å². The van der Waals surface area contributed by atoms with Gasteiger partial charge in [-0.1, -0.05) is 35.9 Å². The van der Waals surface area contributed by atoms with Crippen LogP contribution in [0.15, 0.2) is 36.4 Å². The number of hydrogen-bond acceptors (Lipinski definition) is 4. The minimum absolute atomic E-state index is 0.0691. The van der Waals surface area contributed by atoms with Crippen molar-refractivity contribution in [2.75, 3.05) is 5.32 Å². The molecule has 1 aliphatic heterocycles. The molecule has 0 spiro atoms. The summed E-state index contributed by atoms with van der Waals surface area (Å²) in [4.78, 5) is 39.5. The van der Waals surface area contributed by atoms with Crippen LogP contribution < -0.4 is 5.32 Å². The Balaban J connectivity index is 1.80. The second kappa shape index (κ2) is 5.48. The Morgan fingerprint density at radius 2 is 1.86 bits per heavy atom. The first-order chi connectivity index (χ1) is 10.5. The van der Waals surface area contributed by atoms with Crippen LogP contribution in [0.25, 0.3) is 10.8 Å². The molecule has 1 heterocycles. The molecule has 1 saturated heterocycles. The second-order valence-corrected chi connectivity index (χ2v) is 5.12. The topological polar surface area (TPSA) is 75.7 Å². The molecule has 1 aliphatic rings. The van der Waals surface area contributed by atoms with E-state index in [0.29, 0.717) is 10.8 Å². The number of carbonyl (C=O) groups excluding carboxylic acids is 3. The highest BCUT2D eigenvalue weighted by Crippen LogP contribution is 2.24. The number of carbonyl (C=O) groups is 3. The Kier molecular flexibility index (Phi) is 3.50. The molecular formula is C16H14N2O4. The number of nitrogens with one attached hydrogen (secondary N) is 1. The first kappa shape index (κ1) is 14.1. The van der Waals surface area contributed by atoms with Crippen molar-refractivity contribution < 1.29 is 19.2 Å². The number of fused-ring (bicyclic) bond motifs is 1. The van der Waals surface area contributed by atoms with Crippen molar-refractivity contribution in [3.05, 3.63) is 42.0 Å². The van der Waals surface area contributed by atoms with Gasteiger partial charge >= 0.3 is 6.09 Å².